The van der Waals surface area contributed by atoms with Crippen molar-refractivity contribution < 1.29 is 4.74 Å². The molecule has 0 aromatic carbocycles. The summed E-state index contributed by atoms with van der Waals surface area (Å²) in [7, 11) is 0. The highest BCUT2D eigenvalue weighted by Crippen LogP contribution is 2.19. The molecule has 1 heterocycles. The Hall–Kier alpha value is -0.120. The summed E-state index contributed by atoms with van der Waals surface area (Å²) in [6.45, 7) is 15.6. The van der Waals surface area contributed by atoms with E-state index in [1.54, 1.807) is 0 Å². The predicted octanol–water partition coefficient (Wildman–Crippen LogP) is 2.51. The van der Waals surface area contributed by atoms with E-state index in [-0.39, 0.29) is 0 Å². The Kier molecular flexibility index (Phi) is 7.20. The fraction of sp³-hybridized carbons (Fsp3) is 1.00. The molecule has 0 aliphatic carbocycles. The Balaban J connectivity index is 2.66. The molecule has 3 nitrogen and oxygen atoms in total. The summed E-state index contributed by atoms with van der Waals surface area (Å²) in [4.78, 5) is 2.67. The van der Waals surface area contributed by atoms with Crippen LogP contribution in [0.5, 0.6) is 0 Å². The minimum atomic E-state index is 0.345. The van der Waals surface area contributed by atoms with Gasteiger partial charge in [-0.3, -0.25) is 4.90 Å². The molecule has 1 aliphatic heterocycles. The number of ether oxygens (including phenoxy) is 1. The third-order valence-corrected chi connectivity index (χ3v) is 4.00. The first-order chi connectivity index (χ1) is 8.60. The SMILES string of the molecule is CCC(CC)N(CC(C)C)C(C)C1CNCCO1. The van der Waals surface area contributed by atoms with Crippen LogP contribution in [0.15, 0.2) is 0 Å². The maximum Gasteiger partial charge on any atom is 0.0852 e. The van der Waals surface area contributed by atoms with Crippen molar-refractivity contribution in [2.24, 2.45) is 5.92 Å². The molecule has 0 aromatic rings. The summed E-state index contributed by atoms with van der Waals surface area (Å²) in [6.07, 6.45) is 2.81. The zero-order chi connectivity index (χ0) is 13.5. The fourth-order valence-electron chi connectivity index (χ4n) is 2.94. The van der Waals surface area contributed by atoms with Crippen LogP contribution in [0, 0.1) is 5.92 Å². The van der Waals surface area contributed by atoms with Crippen molar-refractivity contribution in [3.63, 3.8) is 0 Å². The lowest BCUT2D eigenvalue weighted by molar-refractivity contribution is -0.0415. The molecule has 0 aromatic heterocycles. The highest BCUT2D eigenvalue weighted by atomic mass is 16.5. The second-order valence-corrected chi connectivity index (χ2v) is 5.91. The smallest absolute Gasteiger partial charge is 0.0852 e. The van der Waals surface area contributed by atoms with Crippen LogP contribution < -0.4 is 5.32 Å². The Morgan fingerprint density at radius 1 is 1.22 bits per heavy atom. The average molecular weight is 256 g/mol. The number of rotatable bonds is 7. The lowest BCUT2D eigenvalue weighted by atomic mass is 10.0. The molecular weight excluding hydrogens is 224 g/mol. The van der Waals surface area contributed by atoms with Crippen molar-refractivity contribution in [2.45, 2.75) is 65.6 Å². The minimum Gasteiger partial charge on any atom is -0.374 e. The van der Waals surface area contributed by atoms with Crippen molar-refractivity contribution >= 4 is 0 Å². The summed E-state index contributed by atoms with van der Waals surface area (Å²) in [6, 6.07) is 1.19. The number of nitrogens with one attached hydrogen (secondary N) is 1. The van der Waals surface area contributed by atoms with E-state index in [2.05, 4.69) is 44.8 Å². The highest BCUT2D eigenvalue weighted by molar-refractivity contribution is 4.84. The predicted molar refractivity (Wildman–Crippen MR) is 78.0 cm³/mol. The number of morpholine rings is 1. The molecule has 18 heavy (non-hydrogen) atoms. The zero-order valence-electron chi connectivity index (χ0n) is 12.9. The molecule has 0 spiro atoms. The molecule has 3 heteroatoms. The van der Waals surface area contributed by atoms with Gasteiger partial charge in [0.05, 0.1) is 12.7 Å². The quantitative estimate of drug-likeness (QED) is 0.757. The molecule has 0 saturated carbocycles. The number of hydrogen-bond donors (Lipinski definition) is 1. The Labute approximate surface area is 113 Å². The second kappa shape index (κ2) is 8.13. The van der Waals surface area contributed by atoms with Crippen LogP contribution in [-0.4, -0.2) is 49.3 Å². The molecule has 2 unspecified atom stereocenters. The van der Waals surface area contributed by atoms with Crippen LogP contribution in [-0.2, 0) is 4.74 Å². The average Bonchev–Trinajstić information content (AvgIpc) is 2.38. The van der Waals surface area contributed by atoms with Crippen LogP contribution in [0.1, 0.15) is 47.5 Å². The maximum absolute atomic E-state index is 5.94. The first kappa shape index (κ1) is 15.9. The minimum absolute atomic E-state index is 0.345. The normalized spacial score (nSPS) is 23.0. The molecule has 1 N–H and O–H groups in total. The van der Waals surface area contributed by atoms with Gasteiger partial charge in [-0.1, -0.05) is 27.7 Å². The second-order valence-electron chi connectivity index (χ2n) is 5.91. The van der Waals surface area contributed by atoms with E-state index in [4.69, 9.17) is 4.74 Å². The summed E-state index contributed by atoms with van der Waals surface area (Å²) in [5.41, 5.74) is 0. The van der Waals surface area contributed by atoms with E-state index < -0.39 is 0 Å². The standard InChI is InChI=1S/C15H32N2O/c1-6-14(7-2)17(11-12(3)4)13(5)15-10-16-8-9-18-15/h12-16H,6-11H2,1-5H3. The zero-order valence-corrected chi connectivity index (χ0v) is 12.9. The van der Waals surface area contributed by atoms with Crippen molar-refractivity contribution in [2.75, 3.05) is 26.2 Å². The Morgan fingerprint density at radius 2 is 1.89 bits per heavy atom. The van der Waals surface area contributed by atoms with E-state index in [0.29, 0.717) is 24.1 Å². The summed E-state index contributed by atoms with van der Waals surface area (Å²) < 4.78 is 5.94. The van der Waals surface area contributed by atoms with Crippen molar-refractivity contribution in [1.29, 1.82) is 0 Å². The Morgan fingerprint density at radius 3 is 2.33 bits per heavy atom. The monoisotopic (exact) mass is 256 g/mol. The summed E-state index contributed by atoms with van der Waals surface area (Å²) >= 11 is 0. The summed E-state index contributed by atoms with van der Waals surface area (Å²) in [5.74, 6) is 0.713. The van der Waals surface area contributed by atoms with Gasteiger partial charge in [-0.25, -0.2) is 0 Å². The molecule has 1 aliphatic rings. The lowest BCUT2D eigenvalue weighted by Gasteiger charge is -2.41. The molecule has 1 fully saturated rings. The molecule has 1 rings (SSSR count). The van der Waals surface area contributed by atoms with Gasteiger partial charge in [-0.05, 0) is 25.7 Å². The van der Waals surface area contributed by atoms with Gasteiger partial charge in [0.25, 0.3) is 0 Å². The largest absolute Gasteiger partial charge is 0.374 e. The van der Waals surface area contributed by atoms with E-state index in [1.165, 1.54) is 19.4 Å². The number of hydrogen-bond acceptors (Lipinski definition) is 3. The van der Waals surface area contributed by atoms with Crippen molar-refractivity contribution in [3.05, 3.63) is 0 Å². The van der Waals surface area contributed by atoms with E-state index in [9.17, 15) is 0 Å². The van der Waals surface area contributed by atoms with Gasteiger partial charge in [0, 0.05) is 31.7 Å². The molecule has 0 amide bonds. The topological polar surface area (TPSA) is 24.5 Å². The van der Waals surface area contributed by atoms with Crippen molar-refractivity contribution in [1.82, 2.24) is 10.2 Å². The molecule has 108 valence electrons. The Bertz CT molecular complexity index is 211. The van der Waals surface area contributed by atoms with E-state index in [0.717, 1.165) is 19.7 Å². The van der Waals surface area contributed by atoms with Crippen LogP contribution in [0.4, 0.5) is 0 Å². The third kappa shape index (κ3) is 4.52. The van der Waals surface area contributed by atoms with Gasteiger partial charge in [-0.2, -0.15) is 0 Å². The van der Waals surface area contributed by atoms with Gasteiger partial charge in [-0.15, -0.1) is 0 Å². The lowest BCUT2D eigenvalue weighted by Crippen LogP contribution is -2.54. The summed E-state index contributed by atoms with van der Waals surface area (Å²) in [5, 5.41) is 3.45. The maximum atomic E-state index is 5.94. The highest BCUT2D eigenvalue weighted by Gasteiger charge is 2.29. The molecule has 0 bridgehead atoms. The molecule has 0 radical (unpaired) electrons. The van der Waals surface area contributed by atoms with E-state index in [1.807, 2.05) is 0 Å². The van der Waals surface area contributed by atoms with Crippen LogP contribution >= 0.6 is 0 Å². The molecule has 1 saturated heterocycles. The van der Waals surface area contributed by atoms with E-state index >= 15 is 0 Å². The van der Waals surface area contributed by atoms with Crippen LogP contribution in [0.3, 0.4) is 0 Å². The third-order valence-electron chi connectivity index (χ3n) is 4.00. The van der Waals surface area contributed by atoms with Crippen LogP contribution in [0.2, 0.25) is 0 Å². The molecular formula is C15H32N2O. The van der Waals surface area contributed by atoms with Gasteiger partial charge >= 0.3 is 0 Å². The first-order valence-corrected chi connectivity index (χ1v) is 7.68. The first-order valence-electron chi connectivity index (χ1n) is 7.68. The number of nitrogens with zero attached hydrogens (tertiary/aromatic N) is 1. The van der Waals surface area contributed by atoms with Crippen molar-refractivity contribution in [3.8, 4) is 0 Å². The van der Waals surface area contributed by atoms with Gasteiger partial charge in [0.15, 0.2) is 0 Å². The van der Waals surface area contributed by atoms with Gasteiger partial charge in [0.1, 0.15) is 0 Å². The fourth-order valence-corrected chi connectivity index (χ4v) is 2.94. The van der Waals surface area contributed by atoms with Gasteiger partial charge in [0.2, 0.25) is 0 Å². The van der Waals surface area contributed by atoms with Crippen LogP contribution in [0.25, 0.3) is 0 Å². The molecule has 2 atom stereocenters. The van der Waals surface area contributed by atoms with Gasteiger partial charge < -0.3 is 10.1 Å².